The molecule has 1 fully saturated rings. The summed E-state index contributed by atoms with van der Waals surface area (Å²) in [6.45, 7) is 8.50. The highest BCUT2D eigenvalue weighted by atomic mass is 16.5. The maximum atomic E-state index is 5.40. The first-order valence-electron chi connectivity index (χ1n) is 7.51. The molecule has 6 nitrogen and oxygen atoms in total. The van der Waals surface area contributed by atoms with Crippen LogP contribution in [0.2, 0.25) is 0 Å². The summed E-state index contributed by atoms with van der Waals surface area (Å²) in [5.41, 5.74) is 0. The van der Waals surface area contributed by atoms with Crippen LogP contribution < -0.4 is 10.2 Å². The average molecular weight is 281 g/mol. The largest absolute Gasteiger partial charge is 0.337 e. The quantitative estimate of drug-likeness (QED) is 0.839. The fourth-order valence-electron chi connectivity index (χ4n) is 2.55. The van der Waals surface area contributed by atoms with Gasteiger partial charge >= 0.3 is 0 Å². The normalized spacial score (nSPS) is 18.8. The highest BCUT2D eigenvalue weighted by Gasteiger charge is 2.20. The van der Waals surface area contributed by atoms with Crippen LogP contribution in [0.15, 0.2) is 4.52 Å². The van der Waals surface area contributed by atoms with Gasteiger partial charge in [0.05, 0.1) is 0 Å². The topological polar surface area (TPSA) is 57.4 Å². The van der Waals surface area contributed by atoms with Gasteiger partial charge in [-0.25, -0.2) is 0 Å². The Balaban J connectivity index is 1.91. The van der Waals surface area contributed by atoms with E-state index in [0.29, 0.717) is 12.0 Å². The number of nitrogens with zero attached hydrogens (tertiary/aromatic N) is 4. The van der Waals surface area contributed by atoms with Gasteiger partial charge in [0.1, 0.15) is 0 Å². The van der Waals surface area contributed by atoms with Gasteiger partial charge in [0.25, 0.3) is 5.95 Å². The third-order valence-corrected chi connectivity index (χ3v) is 3.83. The number of hydrogen-bond donors (Lipinski definition) is 1. The van der Waals surface area contributed by atoms with Crippen LogP contribution in [-0.4, -0.2) is 61.4 Å². The Morgan fingerprint density at radius 3 is 2.55 bits per heavy atom. The van der Waals surface area contributed by atoms with Crippen LogP contribution in [0.25, 0.3) is 0 Å². The molecule has 6 heteroatoms. The summed E-state index contributed by atoms with van der Waals surface area (Å²) in [5.74, 6) is 2.14. The molecule has 0 radical (unpaired) electrons. The predicted octanol–water partition coefficient (Wildman–Crippen LogP) is 0.998. The lowest BCUT2D eigenvalue weighted by molar-refractivity contribution is 0.308. The zero-order valence-electron chi connectivity index (χ0n) is 13.1. The van der Waals surface area contributed by atoms with E-state index in [1.54, 1.807) is 0 Å². The molecular formula is C14H27N5O. The number of rotatable bonds is 6. The number of likely N-dealkylation sites (N-methyl/N-ethyl adjacent to an activating group) is 2. The van der Waals surface area contributed by atoms with Crippen molar-refractivity contribution in [2.24, 2.45) is 5.92 Å². The summed E-state index contributed by atoms with van der Waals surface area (Å²) >= 11 is 0. The van der Waals surface area contributed by atoms with Gasteiger partial charge in [-0.15, -0.1) is 0 Å². The molecule has 2 heterocycles. The molecule has 0 spiro atoms. The van der Waals surface area contributed by atoms with Crippen molar-refractivity contribution in [3.63, 3.8) is 0 Å². The molecule has 0 saturated carbocycles. The van der Waals surface area contributed by atoms with E-state index in [1.807, 2.05) is 7.05 Å². The van der Waals surface area contributed by atoms with Crippen LogP contribution in [0.4, 0.5) is 5.95 Å². The van der Waals surface area contributed by atoms with Gasteiger partial charge in [-0.05, 0) is 31.6 Å². The third-order valence-electron chi connectivity index (χ3n) is 3.83. The van der Waals surface area contributed by atoms with Crippen LogP contribution in [-0.2, 0) is 6.42 Å². The minimum Gasteiger partial charge on any atom is -0.337 e. The monoisotopic (exact) mass is 281 g/mol. The van der Waals surface area contributed by atoms with Gasteiger partial charge in [-0.1, -0.05) is 13.8 Å². The molecule has 1 unspecified atom stereocenters. The second kappa shape index (κ2) is 7.04. The Hall–Kier alpha value is -1.14. The van der Waals surface area contributed by atoms with Gasteiger partial charge in [0.15, 0.2) is 0 Å². The van der Waals surface area contributed by atoms with Gasteiger partial charge in [-0.3, -0.25) is 0 Å². The number of aromatic nitrogens is 2. The van der Waals surface area contributed by atoms with E-state index in [4.69, 9.17) is 4.52 Å². The highest BCUT2D eigenvalue weighted by molar-refractivity contribution is 5.28. The lowest BCUT2D eigenvalue weighted by atomic mass is 10.0. The van der Waals surface area contributed by atoms with Crippen LogP contribution in [0, 0.1) is 5.92 Å². The van der Waals surface area contributed by atoms with Crippen LogP contribution in [0.3, 0.4) is 0 Å². The second-order valence-corrected chi connectivity index (χ2v) is 6.10. The molecule has 0 aliphatic carbocycles. The summed E-state index contributed by atoms with van der Waals surface area (Å²) in [6.07, 6.45) is 1.91. The van der Waals surface area contributed by atoms with Crippen molar-refractivity contribution in [3.05, 3.63) is 5.89 Å². The summed E-state index contributed by atoms with van der Waals surface area (Å²) in [5, 5.41) is 7.45. The van der Waals surface area contributed by atoms with E-state index in [-0.39, 0.29) is 0 Å². The second-order valence-electron chi connectivity index (χ2n) is 6.10. The SMILES string of the molecule is CNC(Cc1nc(N2CCN(C)CC2)no1)CC(C)C. The first-order chi connectivity index (χ1) is 9.58. The van der Waals surface area contributed by atoms with E-state index >= 15 is 0 Å². The molecule has 0 bridgehead atoms. The lowest BCUT2D eigenvalue weighted by Crippen LogP contribution is -2.44. The lowest BCUT2D eigenvalue weighted by Gasteiger charge is -2.31. The molecule has 0 amide bonds. The van der Waals surface area contributed by atoms with Crippen LogP contribution in [0.5, 0.6) is 0 Å². The molecule has 20 heavy (non-hydrogen) atoms. The minimum absolute atomic E-state index is 0.399. The molecule has 1 aromatic rings. The molecule has 2 rings (SSSR count). The Bertz CT molecular complexity index is 398. The first-order valence-corrected chi connectivity index (χ1v) is 7.51. The Morgan fingerprint density at radius 2 is 1.95 bits per heavy atom. The number of anilines is 1. The van der Waals surface area contributed by atoms with Crippen LogP contribution in [0.1, 0.15) is 26.2 Å². The zero-order valence-corrected chi connectivity index (χ0v) is 13.1. The molecular weight excluding hydrogens is 254 g/mol. The number of nitrogens with one attached hydrogen (secondary N) is 1. The fraction of sp³-hybridized carbons (Fsp3) is 0.857. The zero-order chi connectivity index (χ0) is 14.5. The van der Waals surface area contributed by atoms with E-state index in [2.05, 4.69) is 46.2 Å². The predicted molar refractivity (Wildman–Crippen MR) is 80.0 cm³/mol. The summed E-state index contributed by atoms with van der Waals surface area (Å²) in [6, 6.07) is 0.399. The maximum absolute atomic E-state index is 5.40. The van der Waals surface area contributed by atoms with Crippen molar-refractivity contribution >= 4 is 5.95 Å². The van der Waals surface area contributed by atoms with Crippen molar-refractivity contribution in [1.82, 2.24) is 20.4 Å². The van der Waals surface area contributed by atoms with Crippen molar-refractivity contribution in [2.75, 3.05) is 45.2 Å². The van der Waals surface area contributed by atoms with Gasteiger partial charge < -0.3 is 19.6 Å². The molecule has 1 saturated heterocycles. The number of piperazine rings is 1. The molecule has 1 N–H and O–H groups in total. The molecule has 114 valence electrons. The smallest absolute Gasteiger partial charge is 0.266 e. The van der Waals surface area contributed by atoms with Crippen molar-refractivity contribution in [1.29, 1.82) is 0 Å². The Morgan fingerprint density at radius 1 is 1.25 bits per heavy atom. The average Bonchev–Trinajstić information content (AvgIpc) is 2.87. The fourth-order valence-corrected chi connectivity index (χ4v) is 2.55. The minimum atomic E-state index is 0.399. The van der Waals surface area contributed by atoms with Crippen molar-refractivity contribution in [3.8, 4) is 0 Å². The number of hydrogen-bond acceptors (Lipinski definition) is 6. The molecule has 1 aliphatic heterocycles. The molecule has 1 atom stereocenters. The van der Waals surface area contributed by atoms with Gasteiger partial charge in [0, 0.05) is 38.6 Å². The van der Waals surface area contributed by atoms with E-state index in [0.717, 1.165) is 50.9 Å². The summed E-state index contributed by atoms with van der Waals surface area (Å²) in [7, 11) is 4.13. The Kier molecular flexibility index (Phi) is 5.37. The highest BCUT2D eigenvalue weighted by Crippen LogP contribution is 2.14. The summed E-state index contributed by atoms with van der Waals surface area (Å²) < 4.78 is 5.40. The molecule has 0 aromatic carbocycles. The van der Waals surface area contributed by atoms with Crippen molar-refractivity contribution in [2.45, 2.75) is 32.7 Å². The third kappa shape index (κ3) is 4.18. The van der Waals surface area contributed by atoms with E-state index in [9.17, 15) is 0 Å². The standard InChI is InChI=1S/C14H27N5O/c1-11(2)9-12(15-3)10-13-16-14(17-20-13)19-7-5-18(4)6-8-19/h11-12,15H,5-10H2,1-4H3. The Labute approximate surface area is 121 Å². The molecule has 1 aromatic heterocycles. The van der Waals surface area contributed by atoms with E-state index < -0.39 is 0 Å². The van der Waals surface area contributed by atoms with E-state index in [1.165, 1.54) is 0 Å². The molecule has 1 aliphatic rings. The van der Waals surface area contributed by atoms with Gasteiger partial charge in [-0.2, -0.15) is 4.98 Å². The summed E-state index contributed by atoms with van der Waals surface area (Å²) in [4.78, 5) is 9.06. The van der Waals surface area contributed by atoms with Crippen LogP contribution >= 0.6 is 0 Å². The maximum Gasteiger partial charge on any atom is 0.266 e. The van der Waals surface area contributed by atoms with Crippen molar-refractivity contribution < 1.29 is 4.52 Å². The van der Waals surface area contributed by atoms with Gasteiger partial charge in [0.2, 0.25) is 5.89 Å². The first kappa shape index (κ1) is 15.3.